The van der Waals surface area contributed by atoms with Crippen molar-refractivity contribution < 1.29 is 0 Å². The third-order valence-corrected chi connectivity index (χ3v) is 2.11. The van der Waals surface area contributed by atoms with E-state index in [1.165, 1.54) is 12.8 Å². The molecular formula is C8H12N2. The Labute approximate surface area is 61.2 Å². The minimum absolute atomic E-state index is 0.449. The maximum absolute atomic E-state index is 4.39. The molecular weight excluding hydrogens is 124 g/mol. The van der Waals surface area contributed by atoms with E-state index in [-0.39, 0.29) is 0 Å². The number of aliphatic imine (C=N–C) groups is 1. The molecule has 2 aliphatic rings. The molecule has 1 aliphatic heterocycles. The highest BCUT2D eigenvalue weighted by molar-refractivity contribution is 5.71. The summed E-state index contributed by atoms with van der Waals surface area (Å²) in [7, 11) is 2.09. The van der Waals surface area contributed by atoms with Gasteiger partial charge in [0.2, 0.25) is 0 Å². The Balaban J connectivity index is 2.06. The van der Waals surface area contributed by atoms with Crippen molar-refractivity contribution in [1.29, 1.82) is 0 Å². The lowest BCUT2D eigenvalue weighted by atomic mass is 10.3. The Morgan fingerprint density at radius 1 is 1.50 bits per heavy atom. The Hall–Kier alpha value is -0.790. The van der Waals surface area contributed by atoms with Crippen LogP contribution in [0.5, 0.6) is 0 Å². The summed E-state index contributed by atoms with van der Waals surface area (Å²) in [6.45, 7) is 0. The molecule has 10 heavy (non-hydrogen) atoms. The second kappa shape index (κ2) is 2.11. The van der Waals surface area contributed by atoms with Gasteiger partial charge < -0.3 is 4.90 Å². The number of nitrogens with zero attached hydrogens (tertiary/aromatic N) is 2. The van der Waals surface area contributed by atoms with E-state index in [1.54, 1.807) is 0 Å². The van der Waals surface area contributed by atoms with E-state index in [0.717, 1.165) is 5.92 Å². The van der Waals surface area contributed by atoms with Crippen LogP contribution >= 0.6 is 0 Å². The lowest BCUT2D eigenvalue weighted by Gasteiger charge is -2.24. The first-order chi connectivity index (χ1) is 4.88. The van der Waals surface area contributed by atoms with Crippen molar-refractivity contribution in [1.82, 2.24) is 4.90 Å². The summed E-state index contributed by atoms with van der Waals surface area (Å²) in [6, 6.07) is 0. The van der Waals surface area contributed by atoms with Crippen LogP contribution in [0, 0.1) is 5.92 Å². The lowest BCUT2D eigenvalue weighted by molar-refractivity contribution is 0.304. The Kier molecular flexibility index (Phi) is 1.26. The third-order valence-electron chi connectivity index (χ3n) is 2.11. The minimum Gasteiger partial charge on any atom is -0.359 e. The molecule has 0 bridgehead atoms. The fourth-order valence-electron chi connectivity index (χ4n) is 1.35. The fourth-order valence-corrected chi connectivity index (χ4v) is 1.35. The Morgan fingerprint density at radius 3 is 2.90 bits per heavy atom. The first-order valence-corrected chi connectivity index (χ1v) is 3.80. The van der Waals surface area contributed by atoms with Crippen molar-refractivity contribution in [2.24, 2.45) is 10.9 Å². The first-order valence-electron chi connectivity index (χ1n) is 3.80. The molecule has 54 valence electrons. The van der Waals surface area contributed by atoms with E-state index < -0.39 is 0 Å². The van der Waals surface area contributed by atoms with Gasteiger partial charge in [-0.3, -0.25) is 4.99 Å². The molecule has 0 aromatic heterocycles. The van der Waals surface area contributed by atoms with Crippen molar-refractivity contribution in [2.45, 2.75) is 19.0 Å². The molecule has 1 aliphatic carbocycles. The maximum atomic E-state index is 4.39. The van der Waals surface area contributed by atoms with E-state index in [4.69, 9.17) is 0 Å². The quantitative estimate of drug-likeness (QED) is 0.529. The van der Waals surface area contributed by atoms with Crippen LogP contribution in [0.2, 0.25) is 0 Å². The van der Waals surface area contributed by atoms with Crippen LogP contribution in [0.3, 0.4) is 0 Å². The van der Waals surface area contributed by atoms with Crippen molar-refractivity contribution >= 4 is 6.21 Å². The number of hydrogen-bond donors (Lipinski definition) is 0. The average Bonchev–Trinajstić information content (AvgIpc) is 2.71. The summed E-state index contributed by atoms with van der Waals surface area (Å²) in [5.74, 6) is 0.839. The summed E-state index contributed by atoms with van der Waals surface area (Å²) in [5.41, 5.74) is 0. The van der Waals surface area contributed by atoms with Gasteiger partial charge in [0.15, 0.2) is 0 Å². The second-order valence-corrected chi connectivity index (χ2v) is 3.06. The van der Waals surface area contributed by atoms with Crippen LogP contribution < -0.4 is 0 Å². The highest BCUT2D eigenvalue weighted by atomic mass is 15.2. The van der Waals surface area contributed by atoms with Crippen molar-refractivity contribution in [2.75, 3.05) is 7.05 Å². The molecule has 0 aromatic rings. The second-order valence-electron chi connectivity index (χ2n) is 3.06. The van der Waals surface area contributed by atoms with Crippen LogP contribution in [0.4, 0.5) is 0 Å². The monoisotopic (exact) mass is 136 g/mol. The molecule has 0 amide bonds. The smallest absolute Gasteiger partial charge is 0.123 e. The van der Waals surface area contributed by atoms with Crippen LogP contribution in [0.25, 0.3) is 0 Å². The van der Waals surface area contributed by atoms with Gasteiger partial charge in [0.1, 0.15) is 6.17 Å². The Bertz CT molecular complexity index is 180. The highest BCUT2D eigenvalue weighted by Crippen LogP contribution is 2.36. The van der Waals surface area contributed by atoms with Crippen molar-refractivity contribution in [3.63, 3.8) is 0 Å². The van der Waals surface area contributed by atoms with Gasteiger partial charge in [-0.15, -0.1) is 0 Å². The van der Waals surface area contributed by atoms with E-state index in [0.29, 0.717) is 6.17 Å². The summed E-state index contributed by atoms with van der Waals surface area (Å²) in [5, 5.41) is 0. The number of hydrogen-bond acceptors (Lipinski definition) is 2. The normalized spacial score (nSPS) is 31.3. The molecule has 0 spiro atoms. The van der Waals surface area contributed by atoms with Gasteiger partial charge in [-0.25, -0.2) is 0 Å². The zero-order chi connectivity index (χ0) is 6.97. The van der Waals surface area contributed by atoms with Gasteiger partial charge in [-0.05, 0) is 24.8 Å². The van der Waals surface area contributed by atoms with Gasteiger partial charge >= 0.3 is 0 Å². The molecule has 1 heterocycles. The molecule has 2 heteroatoms. The van der Waals surface area contributed by atoms with E-state index in [1.807, 2.05) is 12.3 Å². The van der Waals surface area contributed by atoms with Crippen molar-refractivity contribution in [3.05, 3.63) is 12.3 Å². The van der Waals surface area contributed by atoms with Crippen molar-refractivity contribution in [3.8, 4) is 0 Å². The van der Waals surface area contributed by atoms with Gasteiger partial charge in [-0.1, -0.05) is 0 Å². The highest BCUT2D eigenvalue weighted by Gasteiger charge is 2.32. The summed E-state index contributed by atoms with van der Waals surface area (Å²) in [4.78, 5) is 6.58. The molecule has 1 unspecified atom stereocenters. The van der Waals surface area contributed by atoms with Gasteiger partial charge in [-0.2, -0.15) is 0 Å². The predicted octanol–water partition coefficient (Wildman–Crippen LogP) is 1.25. The zero-order valence-corrected chi connectivity index (χ0v) is 6.20. The van der Waals surface area contributed by atoms with Gasteiger partial charge in [0.25, 0.3) is 0 Å². The number of allylic oxidation sites excluding steroid dienone is 1. The van der Waals surface area contributed by atoms with Crippen LogP contribution in [-0.4, -0.2) is 24.3 Å². The fraction of sp³-hybridized carbons (Fsp3) is 0.625. The minimum atomic E-state index is 0.449. The van der Waals surface area contributed by atoms with Crippen LogP contribution in [0.15, 0.2) is 17.3 Å². The standard InChI is InChI=1S/C8H12N2/c1-10-6-2-5-9-8(10)7-3-4-7/h2,5-8H,3-4H2,1H3. The SMILES string of the molecule is CN1C=CC=NC1C1CC1. The van der Waals surface area contributed by atoms with E-state index in [9.17, 15) is 0 Å². The lowest BCUT2D eigenvalue weighted by Crippen LogP contribution is -2.28. The molecule has 0 radical (unpaired) electrons. The molecule has 0 saturated heterocycles. The Morgan fingerprint density at radius 2 is 2.30 bits per heavy atom. The summed E-state index contributed by atoms with van der Waals surface area (Å²) < 4.78 is 0. The van der Waals surface area contributed by atoms with Crippen LogP contribution in [0.1, 0.15) is 12.8 Å². The first kappa shape index (κ1) is 5.96. The third kappa shape index (κ3) is 0.939. The molecule has 1 atom stereocenters. The summed E-state index contributed by atoms with van der Waals surface area (Å²) >= 11 is 0. The largest absolute Gasteiger partial charge is 0.359 e. The molecule has 1 fully saturated rings. The predicted molar refractivity (Wildman–Crippen MR) is 41.9 cm³/mol. The maximum Gasteiger partial charge on any atom is 0.123 e. The summed E-state index contributed by atoms with van der Waals surface area (Å²) in [6.07, 6.45) is 9.16. The molecule has 0 N–H and O–H groups in total. The average molecular weight is 136 g/mol. The molecule has 0 aromatic carbocycles. The van der Waals surface area contributed by atoms with Gasteiger partial charge in [0, 0.05) is 19.5 Å². The molecule has 2 rings (SSSR count). The molecule has 1 saturated carbocycles. The van der Waals surface area contributed by atoms with Gasteiger partial charge in [0.05, 0.1) is 0 Å². The van der Waals surface area contributed by atoms with Crippen LogP contribution in [-0.2, 0) is 0 Å². The van der Waals surface area contributed by atoms with E-state index >= 15 is 0 Å². The molecule has 2 nitrogen and oxygen atoms in total. The van der Waals surface area contributed by atoms with E-state index in [2.05, 4.69) is 23.1 Å². The zero-order valence-electron chi connectivity index (χ0n) is 6.20. The topological polar surface area (TPSA) is 15.6 Å². The number of rotatable bonds is 1.